The molecule has 0 radical (unpaired) electrons. The molecule has 1 amide bonds. The number of benzene rings is 1. The van der Waals surface area contributed by atoms with Crippen LogP contribution >= 0.6 is 11.6 Å². The monoisotopic (exact) mass is 242 g/mol. The molecule has 0 aliphatic rings. The number of nitro groups is 1. The molecule has 0 saturated heterocycles. The Hall–Kier alpha value is -1.62. The third kappa shape index (κ3) is 2.93. The van der Waals surface area contributed by atoms with E-state index in [1.165, 1.54) is 18.2 Å². The number of amides is 1. The lowest BCUT2D eigenvalue weighted by Crippen LogP contribution is -2.30. The Morgan fingerprint density at radius 3 is 2.56 bits per heavy atom. The number of rotatable bonds is 3. The first-order chi connectivity index (χ1) is 7.41. The molecule has 16 heavy (non-hydrogen) atoms. The second-order valence-electron chi connectivity index (χ2n) is 3.55. The lowest BCUT2D eigenvalue weighted by molar-refractivity contribution is -0.384. The first-order valence-corrected chi connectivity index (χ1v) is 5.04. The maximum atomic E-state index is 11.5. The number of carbonyl (C=O) groups excluding carboxylic acids is 1. The molecule has 1 aromatic carbocycles. The van der Waals surface area contributed by atoms with Crippen LogP contribution in [0, 0.1) is 10.1 Å². The van der Waals surface area contributed by atoms with Crippen LogP contribution in [-0.2, 0) is 0 Å². The summed E-state index contributed by atoms with van der Waals surface area (Å²) in [5.74, 6) is -0.299. The average Bonchev–Trinajstić information content (AvgIpc) is 2.15. The van der Waals surface area contributed by atoms with Gasteiger partial charge in [-0.15, -0.1) is 0 Å². The van der Waals surface area contributed by atoms with Crippen molar-refractivity contribution in [3.8, 4) is 0 Å². The summed E-state index contributed by atoms with van der Waals surface area (Å²) < 4.78 is 0. The number of nitrogens with one attached hydrogen (secondary N) is 1. The summed E-state index contributed by atoms with van der Waals surface area (Å²) in [5, 5.41) is 13.1. The van der Waals surface area contributed by atoms with E-state index in [1.54, 1.807) is 0 Å². The maximum absolute atomic E-state index is 11.5. The Labute approximate surface area is 97.6 Å². The summed E-state index contributed by atoms with van der Waals surface area (Å²) in [6, 6.07) is 3.89. The van der Waals surface area contributed by atoms with Gasteiger partial charge in [-0.2, -0.15) is 0 Å². The van der Waals surface area contributed by atoms with Crippen molar-refractivity contribution in [3.63, 3.8) is 0 Å². The zero-order chi connectivity index (χ0) is 12.3. The van der Waals surface area contributed by atoms with Gasteiger partial charge in [0.15, 0.2) is 0 Å². The van der Waals surface area contributed by atoms with Crippen LogP contribution in [0.1, 0.15) is 24.2 Å². The minimum atomic E-state index is -0.591. The van der Waals surface area contributed by atoms with Crippen molar-refractivity contribution in [2.45, 2.75) is 19.9 Å². The molecule has 0 fully saturated rings. The molecule has 0 unspecified atom stereocenters. The highest BCUT2D eigenvalue weighted by molar-refractivity contribution is 6.33. The predicted octanol–water partition coefficient (Wildman–Crippen LogP) is 2.39. The molecule has 0 saturated carbocycles. The van der Waals surface area contributed by atoms with Crippen molar-refractivity contribution < 1.29 is 9.72 Å². The average molecular weight is 243 g/mol. The fraction of sp³-hybridized carbons (Fsp3) is 0.300. The highest BCUT2D eigenvalue weighted by atomic mass is 35.5. The first kappa shape index (κ1) is 12.4. The molecule has 0 aromatic heterocycles. The van der Waals surface area contributed by atoms with Gasteiger partial charge in [-0.3, -0.25) is 14.9 Å². The fourth-order valence-electron chi connectivity index (χ4n) is 1.14. The zero-order valence-corrected chi connectivity index (χ0v) is 9.62. The van der Waals surface area contributed by atoms with Crippen LogP contribution in [0.15, 0.2) is 18.2 Å². The summed E-state index contributed by atoms with van der Waals surface area (Å²) in [7, 11) is 0. The second kappa shape index (κ2) is 4.94. The van der Waals surface area contributed by atoms with Gasteiger partial charge in [0.05, 0.1) is 4.92 Å². The number of halogens is 1. The van der Waals surface area contributed by atoms with E-state index in [4.69, 9.17) is 11.6 Å². The zero-order valence-electron chi connectivity index (χ0n) is 8.86. The number of nitrogens with zero attached hydrogens (tertiary/aromatic N) is 1. The van der Waals surface area contributed by atoms with E-state index in [2.05, 4.69) is 5.32 Å². The van der Waals surface area contributed by atoms with Crippen LogP contribution in [0.2, 0.25) is 5.02 Å². The van der Waals surface area contributed by atoms with Crippen molar-refractivity contribution in [2.75, 3.05) is 0 Å². The molecule has 0 aliphatic carbocycles. The van der Waals surface area contributed by atoms with Gasteiger partial charge in [0, 0.05) is 17.7 Å². The predicted molar refractivity (Wildman–Crippen MR) is 60.7 cm³/mol. The quantitative estimate of drug-likeness (QED) is 0.653. The molecule has 0 bridgehead atoms. The molecule has 0 aliphatic heterocycles. The third-order valence-corrected chi connectivity index (χ3v) is 2.13. The molecule has 6 heteroatoms. The van der Waals surface area contributed by atoms with Gasteiger partial charge in [0.25, 0.3) is 11.6 Å². The molecular formula is C10H11ClN2O3. The van der Waals surface area contributed by atoms with Crippen molar-refractivity contribution in [1.29, 1.82) is 0 Å². The molecule has 0 atom stereocenters. The number of nitro benzene ring substituents is 1. The normalized spacial score (nSPS) is 10.2. The van der Waals surface area contributed by atoms with E-state index in [9.17, 15) is 14.9 Å². The van der Waals surface area contributed by atoms with Crippen molar-refractivity contribution in [1.82, 2.24) is 5.32 Å². The molecule has 0 spiro atoms. The maximum Gasteiger partial charge on any atom is 0.287 e. The number of hydrogen-bond acceptors (Lipinski definition) is 3. The van der Waals surface area contributed by atoms with Crippen LogP contribution in [0.5, 0.6) is 0 Å². The topological polar surface area (TPSA) is 72.2 Å². The number of carbonyl (C=O) groups is 1. The van der Waals surface area contributed by atoms with Crippen molar-refractivity contribution in [3.05, 3.63) is 38.9 Å². The van der Waals surface area contributed by atoms with Gasteiger partial charge in [-0.05, 0) is 26.0 Å². The van der Waals surface area contributed by atoms with E-state index >= 15 is 0 Å². The third-order valence-electron chi connectivity index (χ3n) is 1.83. The SMILES string of the molecule is CC(C)NC(=O)c1ccc([N+](=O)[O-])c(Cl)c1. The summed E-state index contributed by atoms with van der Waals surface area (Å²) in [6.45, 7) is 3.65. The highest BCUT2D eigenvalue weighted by Gasteiger charge is 2.15. The van der Waals surface area contributed by atoms with Gasteiger partial charge in [-0.25, -0.2) is 0 Å². The Morgan fingerprint density at radius 1 is 1.50 bits per heavy atom. The molecule has 0 heterocycles. The Balaban J connectivity index is 2.97. The minimum absolute atomic E-state index is 0.00136. The van der Waals surface area contributed by atoms with E-state index in [0.29, 0.717) is 5.56 Å². The highest BCUT2D eigenvalue weighted by Crippen LogP contribution is 2.24. The summed E-state index contributed by atoms with van der Waals surface area (Å²) >= 11 is 5.68. The first-order valence-electron chi connectivity index (χ1n) is 4.66. The lowest BCUT2D eigenvalue weighted by atomic mass is 10.2. The van der Waals surface area contributed by atoms with E-state index < -0.39 is 4.92 Å². The molecule has 1 aromatic rings. The molecule has 5 nitrogen and oxygen atoms in total. The van der Waals surface area contributed by atoms with Crippen molar-refractivity contribution in [2.24, 2.45) is 0 Å². The molecule has 1 N–H and O–H groups in total. The van der Waals surface area contributed by atoms with E-state index in [1.807, 2.05) is 13.8 Å². The largest absolute Gasteiger partial charge is 0.350 e. The van der Waals surface area contributed by atoms with Crippen LogP contribution in [0.25, 0.3) is 0 Å². The van der Waals surface area contributed by atoms with Crippen LogP contribution in [0.4, 0.5) is 5.69 Å². The fourth-order valence-corrected chi connectivity index (χ4v) is 1.39. The molecular weight excluding hydrogens is 232 g/mol. The lowest BCUT2D eigenvalue weighted by Gasteiger charge is -2.08. The minimum Gasteiger partial charge on any atom is -0.350 e. The van der Waals surface area contributed by atoms with Gasteiger partial charge in [0.2, 0.25) is 0 Å². The number of hydrogen-bond donors (Lipinski definition) is 1. The smallest absolute Gasteiger partial charge is 0.287 e. The van der Waals surface area contributed by atoms with Gasteiger partial charge in [0.1, 0.15) is 5.02 Å². The van der Waals surface area contributed by atoms with Crippen molar-refractivity contribution >= 4 is 23.2 Å². The van der Waals surface area contributed by atoms with Gasteiger partial charge < -0.3 is 5.32 Å². The Kier molecular flexibility index (Phi) is 3.84. The van der Waals surface area contributed by atoms with Crippen LogP contribution in [0.3, 0.4) is 0 Å². The van der Waals surface area contributed by atoms with Crippen LogP contribution < -0.4 is 5.32 Å². The Morgan fingerprint density at radius 2 is 2.12 bits per heavy atom. The van der Waals surface area contributed by atoms with E-state index in [-0.39, 0.29) is 22.7 Å². The molecule has 1 rings (SSSR count). The standard InChI is InChI=1S/C10H11ClN2O3/c1-6(2)12-10(14)7-3-4-9(13(15)16)8(11)5-7/h3-6H,1-2H3,(H,12,14). The van der Waals surface area contributed by atoms with Crippen LogP contribution in [-0.4, -0.2) is 16.9 Å². The van der Waals surface area contributed by atoms with Gasteiger partial charge >= 0.3 is 0 Å². The second-order valence-corrected chi connectivity index (χ2v) is 3.96. The van der Waals surface area contributed by atoms with Gasteiger partial charge in [-0.1, -0.05) is 11.6 Å². The van der Waals surface area contributed by atoms with E-state index in [0.717, 1.165) is 0 Å². The summed E-state index contributed by atoms with van der Waals surface area (Å²) in [4.78, 5) is 21.5. The summed E-state index contributed by atoms with van der Waals surface area (Å²) in [6.07, 6.45) is 0. The Bertz CT molecular complexity index is 432. The summed E-state index contributed by atoms with van der Waals surface area (Å²) in [5.41, 5.74) is 0.104. The molecule has 86 valence electrons.